The fraction of sp³-hybridized carbons (Fsp3) is 0.571. The van der Waals surface area contributed by atoms with Gasteiger partial charge in [-0.15, -0.1) is 6.58 Å². The maximum atomic E-state index is 13.2. The van der Waals surface area contributed by atoms with Crippen LogP contribution in [0.2, 0.25) is 0 Å². The average Bonchev–Trinajstić information content (AvgIpc) is 3.54. The van der Waals surface area contributed by atoms with Gasteiger partial charge in [-0.3, -0.25) is 9.59 Å². The summed E-state index contributed by atoms with van der Waals surface area (Å²) >= 11 is 0. The van der Waals surface area contributed by atoms with Crippen LogP contribution in [0.15, 0.2) is 60.0 Å². The number of hydrogen-bond acceptors (Lipinski definition) is 6. The maximum absolute atomic E-state index is 13.2. The molecule has 246 valence electrons. The smallest absolute Gasteiger partial charge is 0.232 e. The SMILES string of the molecule is C1CCNCC1.C=CCC1CN(C2CCCC2)C(=N/C(=C)Nc2ccc(C)cc2OC)/C(=C\C)N(C)C1=O.CCC.NC=O. The van der Waals surface area contributed by atoms with Gasteiger partial charge in [0.05, 0.1) is 24.4 Å². The first-order valence-electron chi connectivity index (χ1n) is 16.1. The van der Waals surface area contributed by atoms with E-state index in [1.165, 1.54) is 51.6 Å². The van der Waals surface area contributed by atoms with Crippen molar-refractivity contribution in [2.24, 2.45) is 16.6 Å². The van der Waals surface area contributed by atoms with E-state index >= 15 is 0 Å². The highest BCUT2D eigenvalue weighted by atomic mass is 16.5. The monoisotopic (exact) mass is 610 g/mol. The number of benzene rings is 1. The Morgan fingerprint density at radius 2 is 1.80 bits per heavy atom. The second-order valence-electron chi connectivity index (χ2n) is 11.2. The predicted octanol–water partition coefficient (Wildman–Crippen LogP) is 6.38. The molecule has 1 aliphatic carbocycles. The summed E-state index contributed by atoms with van der Waals surface area (Å²) in [5, 5.41) is 6.58. The van der Waals surface area contributed by atoms with Crippen LogP contribution in [-0.2, 0) is 9.59 Å². The van der Waals surface area contributed by atoms with E-state index in [9.17, 15) is 4.79 Å². The van der Waals surface area contributed by atoms with E-state index in [0.717, 1.165) is 41.4 Å². The summed E-state index contributed by atoms with van der Waals surface area (Å²) < 4.78 is 5.52. The fourth-order valence-electron chi connectivity index (χ4n) is 5.47. The van der Waals surface area contributed by atoms with Crippen molar-refractivity contribution in [3.05, 3.63) is 60.6 Å². The molecule has 1 aromatic rings. The van der Waals surface area contributed by atoms with E-state index in [1.54, 1.807) is 12.0 Å². The zero-order valence-corrected chi connectivity index (χ0v) is 28.2. The summed E-state index contributed by atoms with van der Waals surface area (Å²) in [5.41, 5.74) is 6.90. The first-order valence-corrected chi connectivity index (χ1v) is 16.1. The molecule has 1 aromatic carbocycles. The Labute approximate surface area is 266 Å². The summed E-state index contributed by atoms with van der Waals surface area (Å²) in [6.07, 6.45) is 14.8. The number of rotatable bonds is 7. The lowest BCUT2D eigenvalue weighted by atomic mass is 10.0. The number of carbonyl (C=O) groups excluding carboxylic acids is 2. The van der Waals surface area contributed by atoms with Gasteiger partial charge < -0.3 is 30.9 Å². The number of methoxy groups -OCH3 is 1. The van der Waals surface area contributed by atoms with Crippen molar-refractivity contribution in [1.82, 2.24) is 15.1 Å². The number of amidine groups is 1. The number of hydrogen-bond donors (Lipinski definition) is 3. The number of allylic oxidation sites excluding steroid dienone is 2. The number of piperidine rings is 1. The summed E-state index contributed by atoms with van der Waals surface area (Å²) in [4.78, 5) is 30.8. The minimum absolute atomic E-state index is 0.102. The van der Waals surface area contributed by atoms with Gasteiger partial charge in [-0.1, -0.05) is 64.3 Å². The van der Waals surface area contributed by atoms with Crippen molar-refractivity contribution in [2.45, 2.75) is 91.5 Å². The number of anilines is 1. The zero-order valence-electron chi connectivity index (χ0n) is 28.2. The van der Waals surface area contributed by atoms with Gasteiger partial charge in [0.1, 0.15) is 11.6 Å². The van der Waals surface area contributed by atoms with E-state index < -0.39 is 0 Å². The predicted molar refractivity (Wildman–Crippen MR) is 185 cm³/mol. The van der Waals surface area contributed by atoms with Crippen LogP contribution in [0, 0.1) is 12.8 Å². The summed E-state index contributed by atoms with van der Waals surface area (Å²) in [6.45, 7) is 19.4. The molecule has 0 aromatic heterocycles. The molecule has 1 saturated carbocycles. The molecule has 2 aliphatic heterocycles. The molecule has 0 spiro atoms. The Bertz CT molecular complexity index is 1080. The van der Waals surface area contributed by atoms with Crippen LogP contribution >= 0.6 is 0 Å². The number of nitrogens with zero attached hydrogens (tertiary/aromatic N) is 3. The molecule has 3 fully saturated rings. The molecular formula is C35H58N6O3. The van der Waals surface area contributed by atoms with E-state index in [-0.39, 0.29) is 18.2 Å². The van der Waals surface area contributed by atoms with E-state index in [2.05, 4.69) is 48.3 Å². The molecular weight excluding hydrogens is 552 g/mol. The van der Waals surface area contributed by atoms with Crippen LogP contribution in [0.1, 0.15) is 84.1 Å². The average molecular weight is 611 g/mol. The van der Waals surface area contributed by atoms with Gasteiger partial charge in [-0.2, -0.15) is 0 Å². The van der Waals surface area contributed by atoms with E-state index in [0.29, 0.717) is 24.8 Å². The van der Waals surface area contributed by atoms with Crippen molar-refractivity contribution < 1.29 is 14.3 Å². The number of carbonyl (C=O) groups is 2. The Kier molecular flexibility index (Phi) is 19.2. The molecule has 0 bridgehead atoms. The summed E-state index contributed by atoms with van der Waals surface area (Å²) in [7, 11) is 3.49. The van der Waals surface area contributed by atoms with Crippen molar-refractivity contribution in [1.29, 1.82) is 0 Å². The van der Waals surface area contributed by atoms with E-state index in [4.69, 9.17) is 14.5 Å². The van der Waals surface area contributed by atoms with Crippen LogP contribution in [0.5, 0.6) is 5.75 Å². The maximum Gasteiger partial charge on any atom is 0.232 e. The van der Waals surface area contributed by atoms with Crippen LogP contribution in [-0.4, -0.2) is 67.8 Å². The standard InChI is InChI=1S/C26H36N4O2.C5H11N.C3H8.CH3NO/c1-7-11-20-17-30(21-12-9-10-13-21)25(23(8-2)29(5)26(20)31)28-19(4)27-22-15-14-18(3)16-24(22)32-6;1-2-4-6-5-3-1;1-3-2;2-1-3/h7-8,14-16,20-21,27H,1,4,9-13,17H2,2-3,5-6H3;6H,1-5H2;3H2,1-2H3;1H,(H2,2,3)/b23-8+,28-25+;;;. The van der Waals surface area contributed by atoms with Crippen molar-refractivity contribution in [3.63, 3.8) is 0 Å². The summed E-state index contributed by atoms with van der Waals surface area (Å²) in [6, 6.07) is 6.33. The van der Waals surface area contributed by atoms with Gasteiger partial charge in [-0.05, 0) is 76.7 Å². The molecule has 2 saturated heterocycles. The first kappa shape index (κ1) is 38.4. The van der Waals surface area contributed by atoms with Crippen molar-refractivity contribution >= 4 is 23.8 Å². The van der Waals surface area contributed by atoms with E-state index in [1.807, 2.05) is 51.2 Å². The number of nitrogens with two attached hydrogens (primary N) is 1. The lowest BCUT2D eigenvalue weighted by Crippen LogP contribution is -2.42. The zero-order chi connectivity index (χ0) is 32.9. The Morgan fingerprint density at radius 1 is 1.18 bits per heavy atom. The molecule has 2 heterocycles. The number of amides is 2. The number of likely N-dealkylation sites (N-methyl/N-ethyl adjacent to an activating group) is 1. The molecule has 3 aliphatic rings. The molecule has 2 amide bonds. The number of nitrogens with one attached hydrogen (secondary N) is 2. The lowest BCUT2D eigenvalue weighted by Gasteiger charge is -2.32. The van der Waals surface area contributed by atoms with Crippen molar-refractivity contribution in [3.8, 4) is 5.75 Å². The fourth-order valence-corrected chi connectivity index (χ4v) is 5.47. The molecule has 1 atom stereocenters. The largest absolute Gasteiger partial charge is 0.495 e. The second kappa shape index (κ2) is 22.0. The van der Waals surface area contributed by atoms with Gasteiger partial charge in [0.25, 0.3) is 0 Å². The molecule has 9 heteroatoms. The normalized spacial score (nSPS) is 20.2. The highest BCUT2D eigenvalue weighted by Crippen LogP contribution is 2.32. The minimum atomic E-state index is -0.140. The van der Waals surface area contributed by atoms with Crippen LogP contribution < -0.4 is 21.1 Å². The van der Waals surface area contributed by atoms with Gasteiger partial charge in [0.2, 0.25) is 12.3 Å². The van der Waals surface area contributed by atoms with Crippen molar-refractivity contribution in [2.75, 3.05) is 39.1 Å². The summed E-state index contributed by atoms with van der Waals surface area (Å²) in [5.74, 6) is 2.01. The number of aliphatic imine (C=N–C) groups is 1. The molecule has 44 heavy (non-hydrogen) atoms. The first-order chi connectivity index (χ1) is 21.2. The molecule has 0 radical (unpaired) electrons. The third-order valence-electron chi connectivity index (χ3n) is 7.53. The van der Waals surface area contributed by atoms with Gasteiger partial charge in [-0.25, -0.2) is 4.99 Å². The third kappa shape index (κ3) is 12.6. The lowest BCUT2D eigenvalue weighted by molar-refractivity contribution is -0.131. The van der Waals surface area contributed by atoms with Gasteiger partial charge in [0.15, 0.2) is 5.84 Å². The Morgan fingerprint density at radius 3 is 2.27 bits per heavy atom. The van der Waals surface area contributed by atoms with Crippen LogP contribution in [0.3, 0.4) is 0 Å². The molecule has 4 N–H and O–H groups in total. The Hall–Kier alpha value is -3.59. The molecule has 1 unspecified atom stereocenters. The quantitative estimate of drug-likeness (QED) is 0.244. The topological polar surface area (TPSA) is 112 Å². The Balaban J connectivity index is 0.000000680. The van der Waals surface area contributed by atoms with Gasteiger partial charge >= 0.3 is 0 Å². The molecule has 9 nitrogen and oxygen atoms in total. The number of primary amides is 1. The van der Waals surface area contributed by atoms with Crippen LogP contribution in [0.25, 0.3) is 0 Å². The third-order valence-corrected chi connectivity index (χ3v) is 7.53. The second-order valence-corrected chi connectivity index (χ2v) is 11.2. The highest BCUT2D eigenvalue weighted by Gasteiger charge is 2.37. The highest BCUT2D eigenvalue weighted by molar-refractivity contribution is 6.04. The number of aryl methyl sites for hydroxylation is 1. The minimum Gasteiger partial charge on any atom is -0.495 e. The van der Waals surface area contributed by atoms with Gasteiger partial charge in [0, 0.05) is 19.6 Å². The molecule has 4 rings (SSSR count). The number of ether oxygens (including phenoxy) is 1. The van der Waals surface area contributed by atoms with Crippen LogP contribution in [0.4, 0.5) is 5.69 Å².